The van der Waals surface area contributed by atoms with Crippen molar-refractivity contribution in [2.45, 2.75) is 19.3 Å². The Hall–Kier alpha value is -3.46. The second-order valence-electron chi connectivity index (χ2n) is 7.89. The number of anilines is 3. The molecule has 0 atom stereocenters. The second-order valence-corrected chi connectivity index (χ2v) is 7.89. The SMILES string of the molecule is c1ccc2c(c1)Cc1cc3c4c(c1-2)Cc1ncccc1N4c1cnccc1C3. The van der Waals surface area contributed by atoms with Gasteiger partial charge in [0.25, 0.3) is 0 Å². The molecule has 132 valence electrons. The molecule has 0 amide bonds. The standard InChI is InChI=1S/C25H17N3/c1-2-5-19-15(4-1)10-17-12-18-11-16-7-9-26-14-23(16)28-22-6-3-8-27-21(22)13-20(24(17)19)25(18)28/h1-9,12,14H,10-11,13H2. The summed E-state index contributed by atoms with van der Waals surface area (Å²) < 4.78 is 0. The van der Waals surface area contributed by atoms with E-state index in [-0.39, 0.29) is 0 Å². The van der Waals surface area contributed by atoms with E-state index in [0.717, 1.165) is 25.0 Å². The summed E-state index contributed by atoms with van der Waals surface area (Å²) in [5.74, 6) is 0. The van der Waals surface area contributed by atoms with Gasteiger partial charge in [-0.25, -0.2) is 0 Å². The summed E-state index contributed by atoms with van der Waals surface area (Å²) in [7, 11) is 0. The number of aromatic nitrogens is 2. The Morgan fingerprint density at radius 1 is 0.750 bits per heavy atom. The third kappa shape index (κ3) is 1.74. The summed E-state index contributed by atoms with van der Waals surface area (Å²) in [6, 6.07) is 17.7. The van der Waals surface area contributed by atoms with E-state index in [1.54, 1.807) is 0 Å². The zero-order valence-electron chi connectivity index (χ0n) is 15.3. The van der Waals surface area contributed by atoms with Crippen LogP contribution in [0.15, 0.2) is 67.1 Å². The van der Waals surface area contributed by atoms with Crippen molar-refractivity contribution in [2.24, 2.45) is 0 Å². The summed E-state index contributed by atoms with van der Waals surface area (Å²) in [5.41, 5.74) is 14.8. The van der Waals surface area contributed by atoms with Gasteiger partial charge in [-0.3, -0.25) is 9.97 Å². The minimum Gasteiger partial charge on any atom is -0.306 e. The van der Waals surface area contributed by atoms with Gasteiger partial charge in [-0.15, -0.1) is 0 Å². The predicted octanol–water partition coefficient (Wildman–Crippen LogP) is 5.33. The molecule has 0 bridgehead atoms. The smallest absolute Gasteiger partial charge is 0.0688 e. The van der Waals surface area contributed by atoms with Gasteiger partial charge in [0.05, 0.1) is 29.0 Å². The monoisotopic (exact) mass is 359 g/mol. The van der Waals surface area contributed by atoms with Gasteiger partial charge >= 0.3 is 0 Å². The van der Waals surface area contributed by atoms with Gasteiger partial charge in [0, 0.05) is 25.2 Å². The van der Waals surface area contributed by atoms with Gasteiger partial charge in [-0.05, 0) is 63.6 Å². The number of nitrogens with zero attached hydrogens (tertiary/aromatic N) is 3. The first-order chi connectivity index (χ1) is 13.9. The van der Waals surface area contributed by atoms with E-state index in [1.807, 2.05) is 24.7 Å². The molecule has 2 aromatic carbocycles. The fraction of sp³-hybridized carbons (Fsp3) is 0.120. The molecule has 4 heterocycles. The molecule has 0 N–H and O–H groups in total. The van der Waals surface area contributed by atoms with Crippen molar-refractivity contribution in [3.05, 3.63) is 101 Å². The molecule has 3 heteroatoms. The lowest BCUT2D eigenvalue weighted by Crippen LogP contribution is -2.26. The van der Waals surface area contributed by atoms with E-state index in [2.05, 4.69) is 52.3 Å². The van der Waals surface area contributed by atoms with E-state index in [4.69, 9.17) is 4.98 Å². The van der Waals surface area contributed by atoms with Crippen LogP contribution in [-0.4, -0.2) is 9.97 Å². The normalized spacial score (nSPS) is 14.6. The fourth-order valence-corrected chi connectivity index (χ4v) is 5.32. The highest BCUT2D eigenvalue weighted by Gasteiger charge is 2.36. The Kier molecular flexibility index (Phi) is 2.64. The molecule has 2 aliphatic heterocycles. The van der Waals surface area contributed by atoms with Crippen LogP contribution in [0, 0.1) is 0 Å². The molecule has 0 unspecified atom stereocenters. The highest BCUT2D eigenvalue weighted by Crippen LogP contribution is 2.54. The fourth-order valence-electron chi connectivity index (χ4n) is 5.32. The zero-order valence-corrected chi connectivity index (χ0v) is 15.3. The van der Waals surface area contributed by atoms with E-state index in [1.165, 1.54) is 56.0 Å². The molecule has 1 aliphatic carbocycles. The summed E-state index contributed by atoms with van der Waals surface area (Å²) in [6.07, 6.45) is 8.71. The summed E-state index contributed by atoms with van der Waals surface area (Å²) in [4.78, 5) is 11.6. The van der Waals surface area contributed by atoms with Crippen molar-refractivity contribution < 1.29 is 0 Å². The molecule has 0 radical (unpaired) electrons. The molecular formula is C25H17N3. The van der Waals surface area contributed by atoms with Crippen LogP contribution < -0.4 is 4.90 Å². The van der Waals surface area contributed by atoms with E-state index in [0.29, 0.717) is 0 Å². The number of rotatable bonds is 0. The number of hydrogen-bond acceptors (Lipinski definition) is 3. The van der Waals surface area contributed by atoms with E-state index in [9.17, 15) is 0 Å². The molecule has 0 saturated heterocycles. The maximum atomic E-state index is 4.76. The van der Waals surface area contributed by atoms with Crippen molar-refractivity contribution in [3.63, 3.8) is 0 Å². The van der Waals surface area contributed by atoms with Crippen LogP contribution in [0.4, 0.5) is 17.1 Å². The van der Waals surface area contributed by atoms with Crippen LogP contribution in [0.2, 0.25) is 0 Å². The number of benzene rings is 2. The predicted molar refractivity (Wildman–Crippen MR) is 111 cm³/mol. The van der Waals surface area contributed by atoms with Gasteiger partial charge in [-0.1, -0.05) is 30.3 Å². The first-order valence-electron chi connectivity index (χ1n) is 9.81. The van der Waals surface area contributed by atoms with Crippen LogP contribution >= 0.6 is 0 Å². The highest BCUT2D eigenvalue weighted by molar-refractivity contribution is 5.94. The first kappa shape index (κ1) is 14.6. The van der Waals surface area contributed by atoms with Crippen LogP contribution in [-0.2, 0) is 19.3 Å². The first-order valence-corrected chi connectivity index (χ1v) is 9.81. The van der Waals surface area contributed by atoms with Crippen molar-refractivity contribution in [2.75, 3.05) is 4.90 Å². The number of fused-ring (bicyclic) bond motifs is 8. The number of pyridine rings is 2. The van der Waals surface area contributed by atoms with Crippen molar-refractivity contribution in [1.29, 1.82) is 0 Å². The van der Waals surface area contributed by atoms with Crippen LogP contribution in [0.1, 0.15) is 33.5 Å². The lowest BCUT2D eigenvalue weighted by Gasteiger charge is -2.39. The molecule has 7 rings (SSSR count). The molecule has 3 aliphatic rings. The molecule has 4 aromatic rings. The van der Waals surface area contributed by atoms with Crippen molar-refractivity contribution in [1.82, 2.24) is 9.97 Å². The minimum absolute atomic E-state index is 0.891. The lowest BCUT2D eigenvalue weighted by atomic mass is 9.83. The Labute approximate surface area is 163 Å². The van der Waals surface area contributed by atoms with Crippen LogP contribution in [0.5, 0.6) is 0 Å². The topological polar surface area (TPSA) is 29.0 Å². The van der Waals surface area contributed by atoms with Gasteiger partial charge in [-0.2, -0.15) is 0 Å². The maximum Gasteiger partial charge on any atom is 0.0688 e. The Balaban J connectivity index is 1.60. The van der Waals surface area contributed by atoms with Crippen LogP contribution in [0.25, 0.3) is 11.1 Å². The third-order valence-corrected chi connectivity index (χ3v) is 6.41. The van der Waals surface area contributed by atoms with Gasteiger partial charge in [0.2, 0.25) is 0 Å². The van der Waals surface area contributed by atoms with Gasteiger partial charge in [0.15, 0.2) is 0 Å². The quantitative estimate of drug-likeness (QED) is 0.367. The molecule has 2 aromatic heterocycles. The molecule has 0 saturated carbocycles. The Bertz CT molecular complexity index is 1290. The minimum atomic E-state index is 0.891. The molecule has 28 heavy (non-hydrogen) atoms. The maximum absolute atomic E-state index is 4.76. The Morgan fingerprint density at radius 2 is 1.68 bits per heavy atom. The van der Waals surface area contributed by atoms with Gasteiger partial charge < -0.3 is 4.90 Å². The third-order valence-electron chi connectivity index (χ3n) is 6.41. The molecule has 0 spiro atoms. The van der Waals surface area contributed by atoms with E-state index < -0.39 is 0 Å². The van der Waals surface area contributed by atoms with Crippen LogP contribution in [0.3, 0.4) is 0 Å². The second kappa shape index (κ2) is 5.08. The molecule has 0 fully saturated rings. The largest absolute Gasteiger partial charge is 0.306 e. The van der Waals surface area contributed by atoms with Crippen molar-refractivity contribution >= 4 is 17.1 Å². The molecule has 3 nitrogen and oxygen atoms in total. The highest BCUT2D eigenvalue weighted by atomic mass is 15.2. The summed E-state index contributed by atoms with van der Waals surface area (Å²) in [5, 5.41) is 0. The Morgan fingerprint density at radius 3 is 2.68 bits per heavy atom. The lowest BCUT2D eigenvalue weighted by molar-refractivity contribution is 0.963. The zero-order chi connectivity index (χ0) is 18.2. The van der Waals surface area contributed by atoms with Crippen molar-refractivity contribution in [3.8, 4) is 11.1 Å². The summed E-state index contributed by atoms with van der Waals surface area (Å²) >= 11 is 0. The van der Waals surface area contributed by atoms with E-state index >= 15 is 0 Å². The average Bonchev–Trinajstić information content (AvgIpc) is 3.11. The average molecular weight is 359 g/mol. The molecular weight excluding hydrogens is 342 g/mol. The van der Waals surface area contributed by atoms with Gasteiger partial charge in [0.1, 0.15) is 0 Å². The number of hydrogen-bond donors (Lipinski definition) is 0. The summed E-state index contributed by atoms with van der Waals surface area (Å²) in [6.45, 7) is 0.